The second kappa shape index (κ2) is 6.21. The van der Waals surface area contributed by atoms with E-state index in [9.17, 15) is 13.2 Å². The number of nitrogen functional groups attached to an aromatic ring is 1. The molecule has 0 amide bonds. The fourth-order valence-electron chi connectivity index (χ4n) is 1.61. The van der Waals surface area contributed by atoms with Crippen LogP contribution >= 0.6 is 22.6 Å². The molecule has 3 N–H and O–H groups in total. The highest BCUT2D eigenvalue weighted by atomic mass is 127. The van der Waals surface area contributed by atoms with Gasteiger partial charge in [0.25, 0.3) is 0 Å². The molecule has 0 saturated carbocycles. The summed E-state index contributed by atoms with van der Waals surface area (Å²) in [6.45, 7) is -1.09. The molecule has 0 aromatic heterocycles. The number of ether oxygens (including phenoxy) is 1. The van der Waals surface area contributed by atoms with Gasteiger partial charge in [0, 0.05) is 3.57 Å². The van der Waals surface area contributed by atoms with Gasteiger partial charge in [0.2, 0.25) is 6.86 Å². The Bertz CT molecular complexity index is 637. The molecule has 0 atom stereocenters. The van der Waals surface area contributed by atoms with E-state index >= 15 is 0 Å². The fourth-order valence-corrected chi connectivity index (χ4v) is 2.06. The van der Waals surface area contributed by atoms with E-state index in [0.717, 1.165) is 6.07 Å². The van der Waals surface area contributed by atoms with E-state index < -0.39 is 18.5 Å². The van der Waals surface area contributed by atoms with Crippen LogP contribution in [0.5, 0.6) is 5.75 Å². The van der Waals surface area contributed by atoms with Crippen molar-refractivity contribution in [3.63, 3.8) is 0 Å². The van der Waals surface area contributed by atoms with Gasteiger partial charge in [-0.05, 0) is 52.9 Å². The van der Waals surface area contributed by atoms with E-state index in [0.29, 0.717) is 3.57 Å². The third kappa shape index (κ3) is 3.09. The van der Waals surface area contributed by atoms with Gasteiger partial charge in [-0.2, -0.15) is 0 Å². The predicted octanol–water partition coefficient (Wildman–Crippen LogP) is 4.20. The Morgan fingerprint density at radius 3 is 2.55 bits per heavy atom. The van der Waals surface area contributed by atoms with Crippen molar-refractivity contribution >= 4 is 39.7 Å². The molecule has 7 heteroatoms. The predicted molar refractivity (Wildman–Crippen MR) is 79.8 cm³/mol. The van der Waals surface area contributed by atoms with Crippen LogP contribution < -0.4 is 15.8 Å². The van der Waals surface area contributed by atoms with Gasteiger partial charge in [0.15, 0.2) is 0 Å². The quantitative estimate of drug-likeness (QED) is 0.604. The molecular formula is C13H10F3IN2O. The zero-order valence-corrected chi connectivity index (χ0v) is 12.2. The number of nitrogens with one attached hydrogen (secondary N) is 1. The molecule has 2 rings (SSSR count). The molecule has 0 spiro atoms. The van der Waals surface area contributed by atoms with Gasteiger partial charge in [0.05, 0.1) is 5.69 Å². The van der Waals surface area contributed by atoms with Crippen LogP contribution in [0.1, 0.15) is 0 Å². The average Bonchev–Trinajstić information content (AvgIpc) is 2.40. The Morgan fingerprint density at radius 2 is 1.90 bits per heavy atom. The first kappa shape index (κ1) is 14.8. The number of nitrogens with two attached hydrogens (primary N) is 1. The summed E-state index contributed by atoms with van der Waals surface area (Å²) in [5.41, 5.74) is 5.46. The fraction of sp³-hybridized carbons (Fsp3) is 0.0769. The number of anilines is 3. The van der Waals surface area contributed by atoms with Crippen LogP contribution in [0.25, 0.3) is 0 Å². The highest BCUT2D eigenvalue weighted by Crippen LogP contribution is 2.35. The van der Waals surface area contributed by atoms with E-state index in [1.54, 1.807) is 6.07 Å². The summed E-state index contributed by atoms with van der Waals surface area (Å²) < 4.78 is 45.0. The van der Waals surface area contributed by atoms with E-state index in [4.69, 9.17) is 5.73 Å². The van der Waals surface area contributed by atoms with Crippen LogP contribution in [0.15, 0.2) is 30.3 Å². The molecule has 0 fully saturated rings. The summed E-state index contributed by atoms with van der Waals surface area (Å²) in [4.78, 5) is 0. The van der Waals surface area contributed by atoms with Crippen molar-refractivity contribution in [2.75, 3.05) is 17.9 Å². The van der Waals surface area contributed by atoms with Crippen molar-refractivity contribution in [1.29, 1.82) is 0 Å². The summed E-state index contributed by atoms with van der Waals surface area (Å²) >= 11 is 1.95. The summed E-state index contributed by atoms with van der Waals surface area (Å²) in [7, 11) is 0. The lowest BCUT2D eigenvalue weighted by molar-refractivity contribution is 0.193. The first-order valence-corrected chi connectivity index (χ1v) is 6.59. The minimum absolute atomic E-state index is 0.0117. The maximum Gasteiger partial charge on any atom is 0.228 e. The molecule has 0 heterocycles. The van der Waals surface area contributed by atoms with Crippen molar-refractivity contribution in [1.82, 2.24) is 0 Å². The highest BCUT2D eigenvalue weighted by molar-refractivity contribution is 14.1. The van der Waals surface area contributed by atoms with Gasteiger partial charge >= 0.3 is 0 Å². The van der Waals surface area contributed by atoms with Crippen molar-refractivity contribution in [2.45, 2.75) is 0 Å². The minimum atomic E-state index is -1.09. The van der Waals surface area contributed by atoms with Crippen LogP contribution in [0, 0.1) is 15.2 Å². The smallest absolute Gasteiger partial charge is 0.228 e. The summed E-state index contributed by atoms with van der Waals surface area (Å²) in [5, 5.41) is 2.55. The molecule has 0 saturated heterocycles. The SMILES string of the molecule is Nc1c(OCF)ccc(F)c1Nc1ccc(I)cc1F. The summed E-state index contributed by atoms with van der Waals surface area (Å²) in [6.07, 6.45) is 0. The topological polar surface area (TPSA) is 47.3 Å². The second-order valence-corrected chi connectivity index (χ2v) is 5.08. The zero-order valence-electron chi connectivity index (χ0n) is 10.1. The highest BCUT2D eigenvalue weighted by Gasteiger charge is 2.14. The monoisotopic (exact) mass is 394 g/mol. The van der Waals surface area contributed by atoms with Gasteiger partial charge in [-0.1, -0.05) is 0 Å². The van der Waals surface area contributed by atoms with E-state index in [-0.39, 0.29) is 22.8 Å². The summed E-state index contributed by atoms with van der Waals surface area (Å²) in [6, 6.07) is 6.67. The third-order valence-electron chi connectivity index (χ3n) is 2.56. The molecule has 106 valence electrons. The second-order valence-electron chi connectivity index (χ2n) is 3.84. The van der Waals surface area contributed by atoms with Crippen molar-refractivity contribution in [3.8, 4) is 5.75 Å². The van der Waals surface area contributed by atoms with Crippen molar-refractivity contribution < 1.29 is 17.9 Å². The molecular weight excluding hydrogens is 384 g/mol. The Morgan fingerprint density at radius 1 is 1.15 bits per heavy atom. The largest absolute Gasteiger partial charge is 0.461 e. The average molecular weight is 394 g/mol. The lowest BCUT2D eigenvalue weighted by Gasteiger charge is -2.14. The molecule has 3 nitrogen and oxygen atoms in total. The first-order valence-electron chi connectivity index (χ1n) is 5.51. The Balaban J connectivity index is 2.39. The van der Waals surface area contributed by atoms with Crippen LogP contribution in [0.3, 0.4) is 0 Å². The molecule has 2 aromatic rings. The lowest BCUT2D eigenvalue weighted by atomic mass is 10.2. The normalized spacial score (nSPS) is 10.4. The maximum absolute atomic E-state index is 13.8. The van der Waals surface area contributed by atoms with Crippen LogP contribution in [-0.2, 0) is 0 Å². The number of halogens is 4. The van der Waals surface area contributed by atoms with E-state index in [1.165, 1.54) is 18.2 Å². The van der Waals surface area contributed by atoms with Gasteiger partial charge in [-0.15, -0.1) is 0 Å². The van der Waals surface area contributed by atoms with Gasteiger partial charge in [0.1, 0.15) is 28.8 Å². The molecule has 0 aliphatic rings. The Hall–Kier alpha value is -1.64. The van der Waals surface area contributed by atoms with Crippen molar-refractivity contribution in [2.24, 2.45) is 0 Å². The molecule has 0 unspecified atom stereocenters. The number of rotatable bonds is 4. The van der Waals surface area contributed by atoms with Crippen LogP contribution in [0.4, 0.5) is 30.2 Å². The number of hydrogen-bond donors (Lipinski definition) is 2. The first-order chi connectivity index (χ1) is 9.52. The molecule has 0 aliphatic heterocycles. The van der Waals surface area contributed by atoms with Crippen LogP contribution in [0.2, 0.25) is 0 Å². The molecule has 20 heavy (non-hydrogen) atoms. The van der Waals surface area contributed by atoms with Crippen molar-refractivity contribution in [3.05, 3.63) is 45.5 Å². The lowest BCUT2D eigenvalue weighted by Crippen LogP contribution is -2.04. The van der Waals surface area contributed by atoms with E-state index in [1.807, 2.05) is 22.6 Å². The molecule has 0 bridgehead atoms. The minimum Gasteiger partial charge on any atom is -0.461 e. The molecule has 0 aliphatic carbocycles. The number of benzene rings is 2. The molecule has 2 aromatic carbocycles. The standard InChI is InChI=1S/C13H10F3IN2O/c14-6-20-11-4-2-8(15)13(12(11)18)19-10-3-1-7(17)5-9(10)16/h1-5,19H,6,18H2. The maximum atomic E-state index is 13.8. The third-order valence-corrected chi connectivity index (χ3v) is 3.23. The van der Waals surface area contributed by atoms with Gasteiger partial charge in [-0.25, -0.2) is 13.2 Å². The zero-order chi connectivity index (χ0) is 14.7. The van der Waals surface area contributed by atoms with Gasteiger partial charge < -0.3 is 15.8 Å². The van der Waals surface area contributed by atoms with Crippen LogP contribution in [-0.4, -0.2) is 6.86 Å². The van der Waals surface area contributed by atoms with Gasteiger partial charge in [-0.3, -0.25) is 0 Å². The summed E-state index contributed by atoms with van der Waals surface area (Å²) in [5.74, 6) is -1.25. The Labute approximate surface area is 127 Å². The number of alkyl halides is 1. The Kier molecular flexibility index (Phi) is 4.58. The van der Waals surface area contributed by atoms with E-state index in [2.05, 4.69) is 10.1 Å². The number of hydrogen-bond acceptors (Lipinski definition) is 3. The molecule has 0 radical (unpaired) electrons.